The van der Waals surface area contributed by atoms with Crippen LogP contribution in [0.25, 0.3) is 0 Å². The Morgan fingerprint density at radius 3 is 2.53 bits per heavy atom. The van der Waals surface area contributed by atoms with E-state index < -0.39 is 0 Å². The smallest absolute Gasteiger partial charge is 0.196 e. The highest BCUT2D eigenvalue weighted by Gasteiger charge is 2.27. The standard InChI is InChI=1S/C14H20BrN3O/c1-14(2,3)9-5-6-10(19-4)12(11(9)15)18-8-7-17-13(18)16/h5-6H,7-8H2,1-4H3,(H2,16,17). The summed E-state index contributed by atoms with van der Waals surface area (Å²) < 4.78 is 6.50. The summed E-state index contributed by atoms with van der Waals surface area (Å²) in [6, 6.07) is 4.09. The molecule has 1 aliphatic heterocycles. The van der Waals surface area contributed by atoms with Crippen molar-refractivity contribution in [1.29, 1.82) is 0 Å². The minimum absolute atomic E-state index is 0.0471. The molecule has 0 atom stereocenters. The molecule has 0 saturated heterocycles. The van der Waals surface area contributed by atoms with E-state index in [1.165, 1.54) is 5.56 Å². The first-order valence-electron chi connectivity index (χ1n) is 6.30. The Kier molecular flexibility index (Phi) is 3.76. The molecule has 0 radical (unpaired) electrons. The third kappa shape index (κ3) is 2.56. The summed E-state index contributed by atoms with van der Waals surface area (Å²) in [5, 5.41) is 0. The SMILES string of the molecule is COc1ccc(C(C)(C)C)c(Br)c1N1CCN=C1N. The molecular formula is C14H20BrN3O. The molecule has 0 spiro atoms. The Morgan fingerprint density at radius 2 is 2.05 bits per heavy atom. The Balaban J connectivity index is 2.60. The minimum atomic E-state index is 0.0471. The van der Waals surface area contributed by atoms with E-state index >= 15 is 0 Å². The fraction of sp³-hybridized carbons (Fsp3) is 0.500. The van der Waals surface area contributed by atoms with Crippen molar-refractivity contribution >= 4 is 27.6 Å². The fourth-order valence-electron chi connectivity index (χ4n) is 2.23. The van der Waals surface area contributed by atoms with Gasteiger partial charge in [-0.15, -0.1) is 0 Å². The van der Waals surface area contributed by atoms with Crippen molar-refractivity contribution in [2.24, 2.45) is 10.7 Å². The molecule has 104 valence electrons. The number of nitrogens with two attached hydrogens (primary N) is 1. The number of methoxy groups -OCH3 is 1. The predicted molar refractivity (Wildman–Crippen MR) is 83.2 cm³/mol. The van der Waals surface area contributed by atoms with Crippen LogP contribution >= 0.6 is 15.9 Å². The van der Waals surface area contributed by atoms with Crippen LogP contribution < -0.4 is 15.4 Å². The average molecular weight is 326 g/mol. The van der Waals surface area contributed by atoms with E-state index in [0.29, 0.717) is 5.96 Å². The van der Waals surface area contributed by atoms with Gasteiger partial charge in [0.25, 0.3) is 0 Å². The highest BCUT2D eigenvalue weighted by atomic mass is 79.9. The lowest BCUT2D eigenvalue weighted by atomic mass is 9.86. The minimum Gasteiger partial charge on any atom is -0.495 e. The molecule has 0 fully saturated rings. The van der Waals surface area contributed by atoms with Gasteiger partial charge in [0.15, 0.2) is 5.96 Å². The third-order valence-electron chi connectivity index (χ3n) is 3.25. The normalized spacial score (nSPS) is 15.6. The van der Waals surface area contributed by atoms with Crippen molar-refractivity contribution in [2.45, 2.75) is 26.2 Å². The lowest BCUT2D eigenvalue weighted by molar-refractivity contribution is 0.414. The summed E-state index contributed by atoms with van der Waals surface area (Å²) in [5.74, 6) is 1.35. The molecule has 2 rings (SSSR count). The Bertz CT molecular complexity index is 520. The molecule has 4 nitrogen and oxygen atoms in total. The molecular weight excluding hydrogens is 306 g/mol. The van der Waals surface area contributed by atoms with Gasteiger partial charge in [0.1, 0.15) is 11.4 Å². The zero-order valence-electron chi connectivity index (χ0n) is 11.8. The molecule has 19 heavy (non-hydrogen) atoms. The van der Waals surface area contributed by atoms with Gasteiger partial charge in [0.05, 0.1) is 13.7 Å². The van der Waals surface area contributed by atoms with Crippen molar-refractivity contribution in [3.05, 3.63) is 22.2 Å². The van der Waals surface area contributed by atoms with Gasteiger partial charge in [-0.05, 0) is 33.0 Å². The molecule has 1 aromatic rings. The number of anilines is 1. The van der Waals surface area contributed by atoms with Gasteiger partial charge in [0.2, 0.25) is 0 Å². The first kappa shape index (κ1) is 14.2. The van der Waals surface area contributed by atoms with E-state index in [4.69, 9.17) is 10.5 Å². The molecule has 2 N–H and O–H groups in total. The van der Waals surface area contributed by atoms with Gasteiger partial charge < -0.3 is 15.4 Å². The molecule has 0 aromatic heterocycles. The van der Waals surface area contributed by atoms with Crippen LogP contribution in [-0.4, -0.2) is 26.2 Å². The summed E-state index contributed by atoms with van der Waals surface area (Å²) >= 11 is 3.71. The molecule has 1 heterocycles. The number of nitrogens with zero attached hydrogens (tertiary/aromatic N) is 2. The number of hydrogen-bond donors (Lipinski definition) is 1. The zero-order chi connectivity index (χ0) is 14.2. The molecule has 0 unspecified atom stereocenters. The number of rotatable bonds is 2. The Morgan fingerprint density at radius 1 is 1.37 bits per heavy atom. The maximum atomic E-state index is 5.96. The Labute approximate surface area is 122 Å². The third-order valence-corrected chi connectivity index (χ3v) is 4.05. The summed E-state index contributed by atoms with van der Waals surface area (Å²) in [4.78, 5) is 6.24. The number of ether oxygens (including phenoxy) is 1. The quantitative estimate of drug-likeness (QED) is 0.909. The molecule has 0 saturated carbocycles. The molecule has 0 amide bonds. The van der Waals surface area contributed by atoms with E-state index in [0.717, 1.165) is 29.0 Å². The average Bonchev–Trinajstić information content (AvgIpc) is 2.73. The molecule has 1 aromatic carbocycles. The number of guanidine groups is 1. The topological polar surface area (TPSA) is 50.8 Å². The summed E-state index contributed by atoms with van der Waals surface area (Å²) in [6.45, 7) is 8.07. The van der Waals surface area contributed by atoms with Gasteiger partial charge in [0, 0.05) is 11.0 Å². The number of hydrogen-bond acceptors (Lipinski definition) is 4. The lowest BCUT2D eigenvalue weighted by Crippen LogP contribution is -2.34. The van der Waals surface area contributed by atoms with Gasteiger partial charge in [-0.1, -0.05) is 26.8 Å². The molecule has 5 heteroatoms. The second-order valence-corrected chi connectivity index (χ2v) is 6.41. The van der Waals surface area contributed by atoms with Crippen LogP contribution in [0.3, 0.4) is 0 Å². The van der Waals surface area contributed by atoms with Crippen LogP contribution in [0, 0.1) is 0 Å². The van der Waals surface area contributed by atoms with Gasteiger partial charge in [-0.3, -0.25) is 4.99 Å². The highest BCUT2D eigenvalue weighted by molar-refractivity contribution is 9.10. The van der Waals surface area contributed by atoms with Crippen molar-refractivity contribution < 1.29 is 4.74 Å². The number of aliphatic imine (C=N–C) groups is 1. The van der Waals surface area contributed by atoms with Gasteiger partial charge in [-0.25, -0.2) is 0 Å². The maximum Gasteiger partial charge on any atom is 0.196 e. The van der Waals surface area contributed by atoms with Crippen LogP contribution in [0.15, 0.2) is 21.6 Å². The summed E-state index contributed by atoms with van der Waals surface area (Å²) in [6.07, 6.45) is 0. The van der Waals surface area contributed by atoms with Crippen LogP contribution in [-0.2, 0) is 5.41 Å². The predicted octanol–water partition coefficient (Wildman–Crippen LogP) is 2.89. The summed E-state index contributed by atoms with van der Waals surface area (Å²) in [5.41, 5.74) is 8.20. The van der Waals surface area contributed by atoms with Crippen molar-refractivity contribution in [3.8, 4) is 5.75 Å². The van der Waals surface area contributed by atoms with E-state index in [1.54, 1.807) is 7.11 Å². The molecule has 1 aliphatic rings. The summed E-state index contributed by atoms with van der Waals surface area (Å²) in [7, 11) is 1.67. The van der Waals surface area contributed by atoms with Crippen LogP contribution in [0.2, 0.25) is 0 Å². The molecule has 0 aliphatic carbocycles. The second kappa shape index (κ2) is 5.04. The molecule has 0 bridgehead atoms. The second-order valence-electron chi connectivity index (χ2n) is 5.62. The highest BCUT2D eigenvalue weighted by Crippen LogP contribution is 2.42. The zero-order valence-corrected chi connectivity index (χ0v) is 13.4. The van der Waals surface area contributed by atoms with Crippen molar-refractivity contribution in [3.63, 3.8) is 0 Å². The fourth-order valence-corrected chi connectivity index (χ4v) is 3.37. The first-order chi connectivity index (χ1) is 8.86. The van der Waals surface area contributed by atoms with Crippen LogP contribution in [0.1, 0.15) is 26.3 Å². The van der Waals surface area contributed by atoms with Gasteiger partial charge >= 0.3 is 0 Å². The van der Waals surface area contributed by atoms with Crippen LogP contribution in [0.5, 0.6) is 5.75 Å². The number of halogens is 1. The lowest BCUT2D eigenvalue weighted by Gasteiger charge is -2.27. The monoisotopic (exact) mass is 325 g/mol. The number of benzene rings is 1. The largest absolute Gasteiger partial charge is 0.495 e. The van der Waals surface area contributed by atoms with E-state index in [9.17, 15) is 0 Å². The van der Waals surface area contributed by atoms with Crippen molar-refractivity contribution in [1.82, 2.24) is 0 Å². The van der Waals surface area contributed by atoms with E-state index in [2.05, 4.69) is 47.8 Å². The Hall–Kier alpha value is -1.23. The van der Waals surface area contributed by atoms with E-state index in [1.807, 2.05) is 11.0 Å². The van der Waals surface area contributed by atoms with Crippen LogP contribution in [0.4, 0.5) is 5.69 Å². The first-order valence-corrected chi connectivity index (χ1v) is 7.10. The maximum absolute atomic E-state index is 5.96. The van der Waals surface area contributed by atoms with Crippen molar-refractivity contribution in [2.75, 3.05) is 25.1 Å². The van der Waals surface area contributed by atoms with Gasteiger partial charge in [-0.2, -0.15) is 0 Å². The van der Waals surface area contributed by atoms with E-state index in [-0.39, 0.29) is 5.41 Å².